The molecule has 0 fully saturated rings. The van der Waals surface area contributed by atoms with E-state index in [1.807, 2.05) is 0 Å². The van der Waals surface area contributed by atoms with E-state index in [1.165, 1.54) is 18.2 Å². The fourth-order valence-electron chi connectivity index (χ4n) is 1.47. The Balaban J connectivity index is 2.96. The van der Waals surface area contributed by atoms with Crippen LogP contribution in [-0.4, -0.2) is 22.5 Å². The molecular weight excluding hydrogens is 217 g/mol. The van der Waals surface area contributed by atoms with Crippen molar-refractivity contribution >= 4 is 5.97 Å². The SMILES string of the molecule is O=C(O)C[C@@H](C[N+](=O)[O-])c1ccccc1F. The fraction of sp³-hybridized carbons (Fsp3) is 0.300. The van der Waals surface area contributed by atoms with Gasteiger partial charge in [0.1, 0.15) is 5.82 Å². The molecule has 0 aliphatic rings. The average molecular weight is 227 g/mol. The molecule has 0 amide bonds. The van der Waals surface area contributed by atoms with Crippen LogP contribution in [0.15, 0.2) is 24.3 Å². The van der Waals surface area contributed by atoms with E-state index in [2.05, 4.69) is 0 Å². The number of halogens is 1. The summed E-state index contributed by atoms with van der Waals surface area (Å²) in [7, 11) is 0. The summed E-state index contributed by atoms with van der Waals surface area (Å²) in [5.74, 6) is -2.74. The van der Waals surface area contributed by atoms with E-state index in [0.717, 1.165) is 6.07 Å². The van der Waals surface area contributed by atoms with Gasteiger partial charge in [-0.05, 0) is 11.6 Å². The lowest BCUT2D eigenvalue weighted by Crippen LogP contribution is -2.17. The predicted octanol–water partition coefficient (Wildman–Crippen LogP) is 1.66. The smallest absolute Gasteiger partial charge is 0.304 e. The van der Waals surface area contributed by atoms with Gasteiger partial charge in [0.05, 0.1) is 12.3 Å². The molecule has 16 heavy (non-hydrogen) atoms. The molecule has 0 radical (unpaired) electrons. The molecule has 1 atom stereocenters. The van der Waals surface area contributed by atoms with E-state index in [-0.39, 0.29) is 5.56 Å². The van der Waals surface area contributed by atoms with Crippen LogP contribution in [0.3, 0.4) is 0 Å². The third-order valence-electron chi connectivity index (χ3n) is 2.14. The topological polar surface area (TPSA) is 80.4 Å². The molecule has 0 unspecified atom stereocenters. The Morgan fingerprint density at radius 2 is 2.12 bits per heavy atom. The summed E-state index contributed by atoms with van der Waals surface area (Å²) in [5.41, 5.74) is 0.0709. The maximum Gasteiger partial charge on any atom is 0.304 e. The molecule has 0 aromatic heterocycles. The Morgan fingerprint density at radius 3 is 2.62 bits per heavy atom. The molecule has 1 N–H and O–H groups in total. The molecule has 0 saturated heterocycles. The number of aliphatic carboxylic acids is 1. The zero-order chi connectivity index (χ0) is 12.1. The Hall–Kier alpha value is -1.98. The van der Waals surface area contributed by atoms with Crippen LogP contribution in [0.5, 0.6) is 0 Å². The van der Waals surface area contributed by atoms with Crippen molar-refractivity contribution in [1.82, 2.24) is 0 Å². The van der Waals surface area contributed by atoms with Crippen molar-refractivity contribution in [2.24, 2.45) is 0 Å². The summed E-state index contributed by atoms with van der Waals surface area (Å²) < 4.78 is 13.3. The van der Waals surface area contributed by atoms with Gasteiger partial charge < -0.3 is 5.11 Å². The molecular formula is C10H10FNO4. The minimum atomic E-state index is -1.19. The van der Waals surface area contributed by atoms with E-state index >= 15 is 0 Å². The molecule has 0 bridgehead atoms. The van der Waals surface area contributed by atoms with Gasteiger partial charge in [0, 0.05) is 4.92 Å². The van der Waals surface area contributed by atoms with Gasteiger partial charge in [0.15, 0.2) is 0 Å². The van der Waals surface area contributed by atoms with E-state index in [0.29, 0.717) is 0 Å². The summed E-state index contributed by atoms with van der Waals surface area (Å²) in [5, 5.41) is 19.0. The number of carboxylic acids is 1. The van der Waals surface area contributed by atoms with Crippen LogP contribution >= 0.6 is 0 Å². The molecule has 5 nitrogen and oxygen atoms in total. The Bertz CT molecular complexity index is 392. The maximum atomic E-state index is 13.3. The summed E-state index contributed by atoms with van der Waals surface area (Å²) in [6.07, 6.45) is -0.456. The minimum Gasteiger partial charge on any atom is -0.481 e. The summed E-state index contributed by atoms with van der Waals surface area (Å²) in [6.45, 7) is -0.590. The zero-order valence-electron chi connectivity index (χ0n) is 8.30. The van der Waals surface area contributed by atoms with Gasteiger partial charge in [-0.3, -0.25) is 14.9 Å². The van der Waals surface area contributed by atoms with E-state index in [1.54, 1.807) is 0 Å². The van der Waals surface area contributed by atoms with Gasteiger partial charge in [-0.25, -0.2) is 4.39 Å². The van der Waals surface area contributed by atoms with Gasteiger partial charge in [0.2, 0.25) is 6.54 Å². The van der Waals surface area contributed by atoms with Crippen LogP contribution in [0.1, 0.15) is 17.9 Å². The maximum absolute atomic E-state index is 13.3. The first-order valence-electron chi connectivity index (χ1n) is 4.58. The molecule has 0 aliphatic heterocycles. The van der Waals surface area contributed by atoms with Crippen molar-refractivity contribution in [3.05, 3.63) is 45.8 Å². The van der Waals surface area contributed by atoms with Gasteiger partial charge in [-0.1, -0.05) is 18.2 Å². The largest absolute Gasteiger partial charge is 0.481 e. The highest BCUT2D eigenvalue weighted by atomic mass is 19.1. The van der Waals surface area contributed by atoms with E-state index < -0.39 is 35.6 Å². The van der Waals surface area contributed by atoms with Gasteiger partial charge in [0.25, 0.3) is 0 Å². The third kappa shape index (κ3) is 3.30. The number of hydrogen-bond donors (Lipinski definition) is 1. The lowest BCUT2D eigenvalue weighted by Gasteiger charge is -2.11. The van der Waals surface area contributed by atoms with Crippen molar-refractivity contribution in [3.8, 4) is 0 Å². The predicted molar refractivity (Wildman–Crippen MR) is 53.3 cm³/mol. The van der Waals surface area contributed by atoms with Crippen LogP contribution in [-0.2, 0) is 4.79 Å². The number of carboxylic acid groups (broad SMARTS) is 1. The van der Waals surface area contributed by atoms with Gasteiger partial charge >= 0.3 is 5.97 Å². The molecule has 86 valence electrons. The number of rotatable bonds is 5. The Morgan fingerprint density at radius 1 is 1.50 bits per heavy atom. The first kappa shape index (κ1) is 12.1. The number of hydrogen-bond acceptors (Lipinski definition) is 3. The molecule has 6 heteroatoms. The van der Waals surface area contributed by atoms with Crippen molar-refractivity contribution < 1.29 is 19.2 Å². The van der Waals surface area contributed by atoms with Gasteiger partial charge in [-0.15, -0.1) is 0 Å². The molecule has 1 rings (SSSR count). The highest BCUT2D eigenvalue weighted by Gasteiger charge is 2.23. The van der Waals surface area contributed by atoms with E-state index in [9.17, 15) is 19.3 Å². The summed E-state index contributed by atoms with van der Waals surface area (Å²) >= 11 is 0. The van der Waals surface area contributed by atoms with Crippen molar-refractivity contribution in [1.29, 1.82) is 0 Å². The molecule has 0 spiro atoms. The number of carbonyl (C=O) groups is 1. The monoisotopic (exact) mass is 227 g/mol. The standard InChI is InChI=1S/C10H10FNO4/c11-9-4-2-1-3-8(9)7(5-10(13)14)6-12(15)16/h1-4,7H,5-6H2,(H,13,14)/t7-/m0/s1. The lowest BCUT2D eigenvalue weighted by molar-refractivity contribution is -0.483. The Labute approximate surface area is 90.7 Å². The van der Waals surface area contributed by atoms with Gasteiger partial charge in [-0.2, -0.15) is 0 Å². The summed E-state index contributed by atoms with van der Waals surface area (Å²) in [6, 6.07) is 5.49. The molecule has 0 heterocycles. The highest BCUT2D eigenvalue weighted by Crippen LogP contribution is 2.22. The molecule has 1 aromatic rings. The zero-order valence-corrected chi connectivity index (χ0v) is 8.30. The minimum absolute atomic E-state index is 0.0709. The van der Waals surface area contributed by atoms with E-state index in [4.69, 9.17) is 5.11 Å². The van der Waals surface area contributed by atoms with Crippen molar-refractivity contribution in [2.75, 3.05) is 6.54 Å². The average Bonchev–Trinajstić information content (AvgIpc) is 2.15. The second-order valence-electron chi connectivity index (χ2n) is 3.33. The van der Waals surface area contributed by atoms with Crippen LogP contribution in [0.4, 0.5) is 4.39 Å². The molecule has 0 aliphatic carbocycles. The van der Waals surface area contributed by atoms with Crippen molar-refractivity contribution in [3.63, 3.8) is 0 Å². The molecule has 0 saturated carbocycles. The fourth-order valence-corrected chi connectivity index (χ4v) is 1.47. The third-order valence-corrected chi connectivity index (χ3v) is 2.14. The lowest BCUT2D eigenvalue weighted by atomic mass is 9.95. The van der Waals surface area contributed by atoms with Crippen LogP contribution in [0.25, 0.3) is 0 Å². The number of nitro groups is 1. The highest BCUT2D eigenvalue weighted by molar-refractivity contribution is 5.68. The second kappa shape index (κ2) is 5.20. The molecule has 1 aromatic carbocycles. The summed E-state index contributed by atoms with van der Waals surface area (Å²) in [4.78, 5) is 20.3. The quantitative estimate of drug-likeness (QED) is 0.612. The Kier molecular flexibility index (Phi) is 3.93. The van der Waals surface area contributed by atoms with Crippen LogP contribution < -0.4 is 0 Å². The first-order valence-corrected chi connectivity index (χ1v) is 4.58. The van der Waals surface area contributed by atoms with Crippen LogP contribution in [0, 0.1) is 15.9 Å². The second-order valence-corrected chi connectivity index (χ2v) is 3.33. The number of nitrogens with zero attached hydrogens (tertiary/aromatic N) is 1. The van der Waals surface area contributed by atoms with Crippen molar-refractivity contribution in [2.45, 2.75) is 12.3 Å². The first-order chi connectivity index (χ1) is 7.50. The normalized spacial score (nSPS) is 12.1. The number of benzene rings is 1. The van der Waals surface area contributed by atoms with Crippen LogP contribution in [0.2, 0.25) is 0 Å².